The van der Waals surface area contributed by atoms with E-state index in [0.717, 1.165) is 11.1 Å². The Kier molecular flexibility index (Phi) is 5.46. The molecule has 5 nitrogen and oxygen atoms in total. The van der Waals surface area contributed by atoms with Gasteiger partial charge in [0.15, 0.2) is 0 Å². The summed E-state index contributed by atoms with van der Waals surface area (Å²) in [4.78, 5) is 14.2. The summed E-state index contributed by atoms with van der Waals surface area (Å²) in [5, 5.41) is 0. The number of nitrogens with zero attached hydrogens (tertiary/aromatic N) is 1. The summed E-state index contributed by atoms with van der Waals surface area (Å²) < 4.78 is 31.0. The fraction of sp³-hybridized carbons (Fsp3) is 0.190. The molecule has 140 valence electrons. The van der Waals surface area contributed by atoms with Gasteiger partial charge in [-0.25, -0.2) is 13.2 Å². The van der Waals surface area contributed by atoms with Gasteiger partial charge < -0.3 is 9.64 Å². The molecule has 6 heteroatoms. The third-order valence-corrected chi connectivity index (χ3v) is 6.16. The van der Waals surface area contributed by atoms with Crippen LogP contribution in [-0.2, 0) is 25.9 Å². The summed E-state index contributed by atoms with van der Waals surface area (Å²) in [6.07, 6.45) is 3.25. The molecule has 1 aliphatic heterocycles. The maximum absolute atomic E-state index is 13.1. The van der Waals surface area contributed by atoms with Crippen LogP contribution >= 0.6 is 0 Å². The van der Waals surface area contributed by atoms with Crippen LogP contribution in [0.15, 0.2) is 82.4 Å². The van der Waals surface area contributed by atoms with Gasteiger partial charge >= 0.3 is 5.97 Å². The summed E-state index contributed by atoms with van der Waals surface area (Å²) >= 11 is 0. The smallest absolute Gasteiger partial charge is 0.335 e. The Bertz CT molecular complexity index is 990. The Hall–Kier alpha value is -2.86. The maximum atomic E-state index is 13.1. The van der Waals surface area contributed by atoms with Gasteiger partial charge in [0, 0.05) is 25.4 Å². The number of carbonyl (C=O) groups is 1. The number of ether oxygens (including phenoxy) is 1. The van der Waals surface area contributed by atoms with Gasteiger partial charge in [-0.1, -0.05) is 48.0 Å². The molecule has 0 unspecified atom stereocenters. The zero-order valence-corrected chi connectivity index (χ0v) is 16.1. The molecule has 0 N–H and O–H groups in total. The molecule has 2 aromatic rings. The molecule has 27 heavy (non-hydrogen) atoms. The monoisotopic (exact) mass is 383 g/mol. The lowest BCUT2D eigenvalue weighted by Gasteiger charge is -2.24. The van der Waals surface area contributed by atoms with Gasteiger partial charge in [0.2, 0.25) is 9.84 Å². The number of rotatable bonds is 5. The van der Waals surface area contributed by atoms with Crippen LogP contribution in [-0.4, -0.2) is 26.4 Å². The fourth-order valence-corrected chi connectivity index (χ4v) is 4.29. The minimum Gasteiger partial charge on any atom is -0.466 e. The Morgan fingerprint density at radius 1 is 1.04 bits per heavy atom. The van der Waals surface area contributed by atoms with Crippen molar-refractivity contribution >= 4 is 15.8 Å². The SMILES string of the molecule is COC(=O)C1=CN(Cc2ccccc2)C=C(S(=O)(=O)c2ccc(C)cc2)C1. The van der Waals surface area contributed by atoms with E-state index in [-0.39, 0.29) is 16.2 Å². The van der Waals surface area contributed by atoms with Crippen molar-refractivity contribution in [3.05, 3.63) is 88.6 Å². The second-order valence-corrected chi connectivity index (χ2v) is 8.40. The molecular formula is C21H21NO4S. The number of benzene rings is 2. The van der Waals surface area contributed by atoms with Gasteiger partial charge in [-0.05, 0) is 24.6 Å². The zero-order valence-electron chi connectivity index (χ0n) is 15.3. The third-order valence-electron chi connectivity index (χ3n) is 4.33. The first kappa shape index (κ1) is 18.9. The standard InChI is InChI=1S/C21H21NO4S/c1-16-8-10-19(11-9-16)27(24,25)20-12-18(21(23)26-2)14-22(15-20)13-17-6-4-3-5-7-17/h3-11,14-15H,12-13H2,1-2H3. The Morgan fingerprint density at radius 2 is 1.70 bits per heavy atom. The number of aryl methyl sites for hydroxylation is 1. The van der Waals surface area contributed by atoms with Crippen LogP contribution in [0.1, 0.15) is 17.5 Å². The summed E-state index contributed by atoms with van der Waals surface area (Å²) in [5.41, 5.74) is 2.29. The lowest BCUT2D eigenvalue weighted by atomic mass is 10.1. The number of hydrogen-bond donors (Lipinski definition) is 0. The Labute approximate surface area is 159 Å². The molecule has 0 radical (unpaired) electrons. The highest BCUT2D eigenvalue weighted by Crippen LogP contribution is 2.30. The molecule has 0 saturated carbocycles. The van der Waals surface area contributed by atoms with Crippen molar-refractivity contribution in [2.45, 2.75) is 24.8 Å². The van der Waals surface area contributed by atoms with Crippen LogP contribution in [0.25, 0.3) is 0 Å². The van der Waals surface area contributed by atoms with E-state index >= 15 is 0 Å². The summed E-state index contributed by atoms with van der Waals surface area (Å²) in [6, 6.07) is 16.3. The fourth-order valence-electron chi connectivity index (χ4n) is 2.88. The summed E-state index contributed by atoms with van der Waals surface area (Å²) in [5.74, 6) is -0.530. The average molecular weight is 383 g/mol. The molecule has 0 aliphatic carbocycles. The Balaban J connectivity index is 1.97. The van der Waals surface area contributed by atoms with E-state index in [4.69, 9.17) is 4.74 Å². The van der Waals surface area contributed by atoms with E-state index in [1.165, 1.54) is 7.11 Å². The van der Waals surface area contributed by atoms with Gasteiger partial charge in [-0.15, -0.1) is 0 Å². The number of hydrogen-bond acceptors (Lipinski definition) is 5. The van der Waals surface area contributed by atoms with Crippen molar-refractivity contribution < 1.29 is 17.9 Å². The van der Waals surface area contributed by atoms with Crippen molar-refractivity contribution in [2.75, 3.05) is 7.11 Å². The first-order valence-electron chi connectivity index (χ1n) is 8.51. The molecule has 2 aromatic carbocycles. The molecule has 0 amide bonds. The topological polar surface area (TPSA) is 63.7 Å². The van der Waals surface area contributed by atoms with Crippen molar-refractivity contribution in [3.63, 3.8) is 0 Å². The number of sulfone groups is 1. The summed E-state index contributed by atoms with van der Waals surface area (Å²) in [6.45, 7) is 2.35. The van der Waals surface area contributed by atoms with E-state index in [2.05, 4.69) is 0 Å². The van der Waals surface area contributed by atoms with E-state index in [1.807, 2.05) is 37.3 Å². The minimum absolute atomic E-state index is 0.00811. The molecule has 3 rings (SSSR count). The van der Waals surface area contributed by atoms with Crippen molar-refractivity contribution in [1.82, 2.24) is 4.90 Å². The van der Waals surface area contributed by atoms with Gasteiger partial charge in [-0.2, -0.15) is 0 Å². The highest BCUT2D eigenvalue weighted by Gasteiger charge is 2.28. The molecular weight excluding hydrogens is 362 g/mol. The van der Waals surface area contributed by atoms with E-state index in [1.54, 1.807) is 41.6 Å². The van der Waals surface area contributed by atoms with Crippen LogP contribution in [0.5, 0.6) is 0 Å². The zero-order chi connectivity index (χ0) is 19.4. The first-order valence-corrected chi connectivity index (χ1v) is 9.99. The number of methoxy groups -OCH3 is 1. The van der Waals surface area contributed by atoms with Crippen LogP contribution in [0.2, 0.25) is 0 Å². The number of carbonyl (C=O) groups excluding carboxylic acids is 1. The minimum atomic E-state index is -3.71. The molecule has 0 atom stereocenters. The molecule has 0 fully saturated rings. The molecule has 0 spiro atoms. The van der Waals surface area contributed by atoms with Crippen LogP contribution in [0.4, 0.5) is 0 Å². The normalized spacial score (nSPS) is 14.4. The largest absolute Gasteiger partial charge is 0.466 e. The lowest BCUT2D eigenvalue weighted by Crippen LogP contribution is -2.22. The van der Waals surface area contributed by atoms with Crippen LogP contribution in [0, 0.1) is 6.92 Å². The third kappa shape index (κ3) is 4.28. The van der Waals surface area contributed by atoms with Gasteiger partial charge in [0.05, 0.1) is 22.5 Å². The van der Waals surface area contributed by atoms with Crippen LogP contribution in [0.3, 0.4) is 0 Å². The lowest BCUT2D eigenvalue weighted by molar-refractivity contribution is -0.136. The maximum Gasteiger partial charge on any atom is 0.335 e. The van der Waals surface area contributed by atoms with E-state index in [9.17, 15) is 13.2 Å². The predicted octanol–water partition coefficient (Wildman–Crippen LogP) is 3.57. The Morgan fingerprint density at radius 3 is 2.33 bits per heavy atom. The second kappa shape index (κ2) is 7.80. The quantitative estimate of drug-likeness (QED) is 0.739. The van der Waals surface area contributed by atoms with E-state index < -0.39 is 15.8 Å². The van der Waals surface area contributed by atoms with E-state index in [0.29, 0.717) is 12.1 Å². The molecule has 1 heterocycles. The molecule has 0 saturated heterocycles. The van der Waals surface area contributed by atoms with Crippen molar-refractivity contribution in [3.8, 4) is 0 Å². The van der Waals surface area contributed by atoms with Crippen molar-refractivity contribution in [2.24, 2.45) is 0 Å². The highest BCUT2D eigenvalue weighted by molar-refractivity contribution is 7.95. The molecule has 1 aliphatic rings. The van der Waals surface area contributed by atoms with Crippen molar-refractivity contribution in [1.29, 1.82) is 0 Å². The number of allylic oxidation sites excluding steroid dienone is 1. The summed E-state index contributed by atoms with van der Waals surface area (Å²) in [7, 11) is -2.42. The highest BCUT2D eigenvalue weighted by atomic mass is 32.2. The van der Waals surface area contributed by atoms with Gasteiger partial charge in [0.1, 0.15) is 0 Å². The van der Waals surface area contributed by atoms with Crippen LogP contribution < -0.4 is 0 Å². The molecule has 0 bridgehead atoms. The predicted molar refractivity (Wildman–Crippen MR) is 103 cm³/mol. The average Bonchev–Trinajstić information content (AvgIpc) is 2.68. The molecule has 0 aromatic heterocycles. The second-order valence-electron chi connectivity index (χ2n) is 6.39. The van der Waals surface area contributed by atoms with Gasteiger partial charge in [-0.3, -0.25) is 0 Å². The van der Waals surface area contributed by atoms with Gasteiger partial charge in [0.25, 0.3) is 0 Å². The first-order chi connectivity index (χ1) is 12.9. The number of esters is 1.